The molecule has 1 unspecified atom stereocenters. The van der Waals surface area contributed by atoms with E-state index in [4.69, 9.17) is 0 Å². The fraction of sp³-hybridized carbons (Fsp3) is 0.435. The molecule has 26 heavy (non-hydrogen) atoms. The van der Waals surface area contributed by atoms with E-state index in [1.165, 1.54) is 30.4 Å². The van der Waals surface area contributed by atoms with Crippen LogP contribution in [0.5, 0.6) is 0 Å². The van der Waals surface area contributed by atoms with Gasteiger partial charge >= 0.3 is 0 Å². The van der Waals surface area contributed by atoms with E-state index in [0.29, 0.717) is 5.92 Å². The number of hydrogen-bond donors (Lipinski definition) is 1. The Morgan fingerprint density at radius 2 is 1.54 bits per heavy atom. The van der Waals surface area contributed by atoms with E-state index in [9.17, 15) is 4.79 Å². The maximum atomic E-state index is 12.6. The molecule has 1 amide bonds. The van der Waals surface area contributed by atoms with Crippen LogP contribution in [0.1, 0.15) is 54.9 Å². The van der Waals surface area contributed by atoms with Crippen molar-refractivity contribution in [2.75, 3.05) is 26.2 Å². The summed E-state index contributed by atoms with van der Waals surface area (Å²) in [7, 11) is 0. The molecule has 1 fully saturated rings. The molecule has 2 aromatic rings. The van der Waals surface area contributed by atoms with Gasteiger partial charge in [0.25, 0.3) is 5.91 Å². The number of hydrogen-bond acceptors (Lipinski definition) is 2. The Hall–Kier alpha value is -2.13. The Morgan fingerprint density at radius 1 is 0.962 bits per heavy atom. The van der Waals surface area contributed by atoms with Gasteiger partial charge in [-0.25, -0.2) is 0 Å². The molecule has 2 aromatic carbocycles. The zero-order chi connectivity index (χ0) is 18.4. The van der Waals surface area contributed by atoms with E-state index >= 15 is 0 Å². The number of nitrogens with one attached hydrogen (secondary N) is 1. The van der Waals surface area contributed by atoms with Gasteiger partial charge in [0.2, 0.25) is 0 Å². The average Bonchev–Trinajstić information content (AvgIpc) is 2.72. The lowest BCUT2D eigenvalue weighted by Gasteiger charge is -2.27. The number of benzene rings is 2. The fourth-order valence-corrected chi connectivity index (χ4v) is 3.76. The Morgan fingerprint density at radius 3 is 2.08 bits per heavy atom. The van der Waals surface area contributed by atoms with Crippen LogP contribution in [0.15, 0.2) is 48.5 Å². The molecular formula is C23H30N2O. The number of nitrogens with zero attached hydrogens (tertiary/aromatic N) is 1. The smallest absolute Gasteiger partial charge is 0.253 e. The van der Waals surface area contributed by atoms with Crippen molar-refractivity contribution in [3.05, 3.63) is 59.7 Å². The Bertz CT molecular complexity index is 700. The van der Waals surface area contributed by atoms with Crippen molar-refractivity contribution in [1.29, 1.82) is 0 Å². The third-order valence-electron chi connectivity index (χ3n) is 5.38. The highest BCUT2D eigenvalue weighted by atomic mass is 16.2. The summed E-state index contributed by atoms with van der Waals surface area (Å²) in [4.78, 5) is 14.5. The molecule has 1 heterocycles. The number of carbonyl (C=O) groups is 1. The monoisotopic (exact) mass is 350 g/mol. The highest BCUT2D eigenvalue weighted by Crippen LogP contribution is 2.27. The van der Waals surface area contributed by atoms with Crippen molar-refractivity contribution in [2.45, 2.75) is 39.0 Å². The van der Waals surface area contributed by atoms with Gasteiger partial charge in [0.1, 0.15) is 0 Å². The maximum Gasteiger partial charge on any atom is 0.253 e. The molecule has 3 heteroatoms. The molecule has 0 aliphatic carbocycles. The van der Waals surface area contributed by atoms with E-state index in [0.717, 1.165) is 37.3 Å². The second-order valence-electron chi connectivity index (χ2n) is 7.14. The van der Waals surface area contributed by atoms with Gasteiger partial charge in [0, 0.05) is 31.7 Å². The summed E-state index contributed by atoms with van der Waals surface area (Å²) in [5.41, 5.74) is 4.59. The topological polar surface area (TPSA) is 32.3 Å². The molecule has 3 rings (SSSR count). The molecule has 1 saturated heterocycles. The van der Waals surface area contributed by atoms with E-state index in [2.05, 4.69) is 55.6 Å². The van der Waals surface area contributed by atoms with Crippen molar-refractivity contribution < 1.29 is 4.79 Å². The van der Waals surface area contributed by atoms with E-state index in [1.54, 1.807) is 0 Å². The Balaban J connectivity index is 1.71. The van der Waals surface area contributed by atoms with Gasteiger partial charge in [-0.2, -0.15) is 0 Å². The van der Waals surface area contributed by atoms with Crippen LogP contribution >= 0.6 is 0 Å². The third kappa shape index (κ3) is 4.34. The molecule has 0 radical (unpaired) electrons. The molecular weight excluding hydrogens is 320 g/mol. The van der Waals surface area contributed by atoms with Gasteiger partial charge in [0.15, 0.2) is 0 Å². The van der Waals surface area contributed by atoms with Crippen molar-refractivity contribution in [2.24, 2.45) is 0 Å². The van der Waals surface area contributed by atoms with Crippen molar-refractivity contribution >= 4 is 5.91 Å². The van der Waals surface area contributed by atoms with Gasteiger partial charge in [0.05, 0.1) is 0 Å². The SMILES string of the molecule is CCCC(CC)c1ccc(-c2ccc(C(=O)N3CCNCC3)cc2)cc1. The number of amides is 1. The first-order valence-electron chi connectivity index (χ1n) is 9.93. The minimum absolute atomic E-state index is 0.138. The van der Waals surface area contributed by atoms with Crippen molar-refractivity contribution in [3.63, 3.8) is 0 Å². The van der Waals surface area contributed by atoms with E-state index in [-0.39, 0.29) is 5.91 Å². The molecule has 1 aliphatic rings. The Labute approximate surface area is 157 Å². The molecule has 1 aliphatic heterocycles. The molecule has 0 saturated carbocycles. The molecule has 3 nitrogen and oxygen atoms in total. The number of carbonyl (C=O) groups excluding carboxylic acids is 1. The van der Waals surface area contributed by atoms with Crippen LogP contribution in [-0.2, 0) is 0 Å². The first-order valence-corrected chi connectivity index (χ1v) is 9.93. The molecule has 0 spiro atoms. The lowest BCUT2D eigenvalue weighted by Crippen LogP contribution is -2.46. The summed E-state index contributed by atoms with van der Waals surface area (Å²) in [6.45, 7) is 7.86. The van der Waals surface area contributed by atoms with E-state index < -0.39 is 0 Å². The molecule has 0 aromatic heterocycles. The van der Waals surface area contributed by atoms with Crippen molar-refractivity contribution in [1.82, 2.24) is 10.2 Å². The van der Waals surface area contributed by atoms with Crippen LogP contribution in [0.3, 0.4) is 0 Å². The first-order chi connectivity index (χ1) is 12.7. The minimum Gasteiger partial charge on any atom is -0.336 e. The van der Waals surface area contributed by atoms with E-state index in [1.807, 2.05) is 17.0 Å². The first kappa shape index (κ1) is 18.7. The number of piperazine rings is 1. The van der Waals surface area contributed by atoms with Crippen LogP contribution in [0.4, 0.5) is 0 Å². The summed E-state index contributed by atoms with van der Waals surface area (Å²) in [6.07, 6.45) is 3.66. The van der Waals surface area contributed by atoms with Crippen LogP contribution in [0, 0.1) is 0 Å². The Kier molecular flexibility index (Phi) is 6.45. The highest BCUT2D eigenvalue weighted by Gasteiger charge is 2.17. The van der Waals surface area contributed by atoms with Gasteiger partial charge in [-0.3, -0.25) is 4.79 Å². The normalized spacial score (nSPS) is 15.7. The summed E-state index contributed by atoms with van der Waals surface area (Å²) >= 11 is 0. The van der Waals surface area contributed by atoms with Gasteiger partial charge in [-0.1, -0.05) is 56.7 Å². The van der Waals surface area contributed by atoms with Crippen LogP contribution in [0.2, 0.25) is 0 Å². The third-order valence-corrected chi connectivity index (χ3v) is 5.38. The fourth-order valence-electron chi connectivity index (χ4n) is 3.76. The zero-order valence-electron chi connectivity index (χ0n) is 16.0. The minimum atomic E-state index is 0.138. The average molecular weight is 351 g/mol. The molecule has 1 atom stereocenters. The molecule has 1 N–H and O–H groups in total. The quantitative estimate of drug-likeness (QED) is 0.819. The van der Waals surface area contributed by atoms with Crippen LogP contribution in [-0.4, -0.2) is 37.0 Å². The predicted molar refractivity (Wildman–Crippen MR) is 109 cm³/mol. The van der Waals surface area contributed by atoms with Crippen molar-refractivity contribution in [3.8, 4) is 11.1 Å². The highest BCUT2D eigenvalue weighted by molar-refractivity contribution is 5.94. The van der Waals surface area contributed by atoms with Gasteiger partial charge in [-0.05, 0) is 47.6 Å². The zero-order valence-corrected chi connectivity index (χ0v) is 16.0. The summed E-state index contributed by atoms with van der Waals surface area (Å²) < 4.78 is 0. The largest absolute Gasteiger partial charge is 0.336 e. The summed E-state index contributed by atoms with van der Waals surface area (Å²) in [6, 6.07) is 17.0. The summed E-state index contributed by atoms with van der Waals surface area (Å²) in [5.74, 6) is 0.798. The van der Waals surface area contributed by atoms with Crippen LogP contribution in [0.25, 0.3) is 11.1 Å². The lowest BCUT2D eigenvalue weighted by atomic mass is 9.91. The second kappa shape index (κ2) is 9.00. The standard InChI is InChI=1S/C23H30N2O/c1-3-5-18(4-2)19-6-8-20(9-7-19)21-10-12-22(13-11-21)23(26)25-16-14-24-15-17-25/h6-13,18,24H,3-5,14-17H2,1-2H3. The maximum absolute atomic E-state index is 12.6. The summed E-state index contributed by atoms with van der Waals surface area (Å²) in [5, 5.41) is 3.28. The second-order valence-corrected chi connectivity index (χ2v) is 7.14. The van der Waals surface area contributed by atoms with Gasteiger partial charge < -0.3 is 10.2 Å². The predicted octanol–water partition coefficient (Wildman–Crippen LogP) is 4.69. The number of rotatable bonds is 6. The van der Waals surface area contributed by atoms with Crippen LogP contribution < -0.4 is 5.32 Å². The lowest BCUT2D eigenvalue weighted by molar-refractivity contribution is 0.0736. The molecule has 138 valence electrons. The van der Waals surface area contributed by atoms with Gasteiger partial charge in [-0.15, -0.1) is 0 Å². The molecule has 0 bridgehead atoms.